The number of piperazine rings is 1. The van der Waals surface area contributed by atoms with E-state index in [1.54, 1.807) is 0 Å². The fraction of sp³-hybridized carbons (Fsp3) is 0.538. The highest BCUT2D eigenvalue weighted by atomic mass is 16.3. The zero-order valence-electron chi connectivity index (χ0n) is 9.82. The molecule has 1 heterocycles. The van der Waals surface area contributed by atoms with Crippen molar-refractivity contribution < 1.29 is 5.11 Å². The lowest BCUT2D eigenvalue weighted by molar-refractivity contribution is 0.266. The normalized spacial score (nSPS) is 21.1. The second kappa shape index (κ2) is 5.32. The van der Waals surface area contributed by atoms with Gasteiger partial charge in [-0.3, -0.25) is 0 Å². The van der Waals surface area contributed by atoms with Crippen LogP contribution in [0.2, 0.25) is 0 Å². The Balaban J connectivity index is 2.19. The second-order valence-electron chi connectivity index (χ2n) is 4.35. The summed E-state index contributed by atoms with van der Waals surface area (Å²) in [5, 5.41) is 12.5. The van der Waals surface area contributed by atoms with E-state index >= 15 is 0 Å². The molecule has 1 aromatic carbocycles. The molecule has 0 bridgehead atoms. The Bertz CT molecular complexity index is 338. The molecule has 3 nitrogen and oxygen atoms in total. The van der Waals surface area contributed by atoms with Gasteiger partial charge in [0.15, 0.2) is 0 Å². The molecule has 1 atom stereocenters. The van der Waals surface area contributed by atoms with Gasteiger partial charge in [0.05, 0.1) is 0 Å². The summed E-state index contributed by atoms with van der Waals surface area (Å²) in [4.78, 5) is 2.42. The first kappa shape index (κ1) is 11.4. The Kier molecular flexibility index (Phi) is 3.80. The summed E-state index contributed by atoms with van der Waals surface area (Å²) >= 11 is 0. The van der Waals surface area contributed by atoms with Gasteiger partial charge in [0.25, 0.3) is 0 Å². The number of aryl methyl sites for hydroxylation is 1. The lowest BCUT2D eigenvalue weighted by Gasteiger charge is -2.38. The average Bonchev–Trinajstić information content (AvgIpc) is 2.31. The van der Waals surface area contributed by atoms with Crippen LogP contribution in [0.15, 0.2) is 24.3 Å². The van der Waals surface area contributed by atoms with Gasteiger partial charge in [-0.1, -0.05) is 18.2 Å². The summed E-state index contributed by atoms with van der Waals surface area (Å²) in [6, 6.07) is 8.89. The zero-order chi connectivity index (χ0) is 11.4. The molecule has 16 heavy (non-hydrogen) atoms. The third-order valence-electron chi connectivity index (χ3n) is 3.24. The van der Waals surface area contributed by atoms with Gasteiger partial charge in [-0.05, 0) is 25.0 Å². The lowest BCUT2D eigenvalue weighted by atomic mass is 10.1. The van der Waals surface area contributed by atoms with Crippen molar-refractivity contribution in [1.82, 2.24) is 5.32 Å². The number of para-hydroxylation sites is 1. The zero-order valence-corrected chi connectivity index (χ0v) is 9.82. The molecule has 88 valence electrons. The number of aliphatic hydroxyl groups excluding tert-OH is 1. The van der Waals surface area contributed by atoms with E-state index in [1.807, 2.05) is 0 Å². The highest BCUT2D eigenvalue weighted by Gasteiger charge is 2.22. The van der Waals surface area contributed by atoms with Crippen molar-refractivity contribution in [2.45, 2.75) is 19.4 Å². The first-order valence-electron chi connectivity index (χ1n) is 5.97. The molecule has 0 radical (unpaired) electrons. The van der Waals surface area contributed by atoms with Crippen LogP contribution in [0.3, 0.4) is 0 Å². The molecule has 1 aliphatic rings. The summed E-state index contributed by atoms with van der Waals surface area (Å²) in [6.45, 7) is 5.42. The standard InChI is InChI=1S/C13H20N2O/c1-11-4-2-3-5-13(11)15-8-7-14-10-12(15)6-9-16/h2-5,12,14,16H,6-10H2,1H3. The van der Waals surface area contributed by atoms with Gasteiger partial charge in [-0.25, -0.2) is 0 Å². The van der Waals surface area contributed by atoms with E-state index in [9.17, 15) is 0 Å². The van der Waals surface area contributed by atoms with Crippen molar-refractivity contribution in [1.29, 1.82) is 0 Å². The van der Waals surface area contributed by atoms with Crippen LogP contribution in [-0.2, 0) is 0 Å². The quantitative estimate of drug-likeness (QED) is 0.802. The van der Waals surface area contributed by atoms with Crippen LogP contribution in [0.1, 0.15) is 12.0 Å². The minimum atomic E-state index is 0.259. The van der Waals surface area contributed by atoms with E-state index in [4.69, 9.17) is 5.11 Å². The molecular weight excluding hydrogens is 200 g/mol. The fourth-order valence-corrected chi connectivity index (χ4v) is 2.37. The van der Waals surface area contributed by atoms with Crippen LogP contribution in [0.5, 0.6) is 0 Å². The maximum absolute atomic E-state index is 9.10. The fourth-order valence-electron chi connectivity index (χ4n) is 2.37. The molecule has 1 saturated heterocycles. The van der Waals surface area contributed by atoms with E-state index in [0.717, 1.165) is 26.1 Å². The number of benzene rings is 1. The topological polar surface area (TPSA) is 35.5 Å². The smallest absolute Gasteiger partial charge is 0.0451 e. The van der Waals surface area contributed by atoms with Gasteiger partial charge in [0.2, 0.25) is 0 Å². The summed E-state index contributed by atoms with van der Waals surface area (Å²) in [5.41, 5.74) is 2.62. The van der Waals surface area contributed by atoms with Gasteiger partial charge >= 0.3 is 0 Å². The monoisotopic (exact) mass is 220 g/mol. The maximum Gasteiger partial charge on any atom is 0.0451 e. The van der Waals surface area contributed by atoms with Crippen LogP contribution < -0.4 is 10.2 Å². The molecule has 1 aliphatic heterocycles. The maximum atomic E-state index is 9.10. The number of aliphatic hydroxyl groups is 1. The van der Waals surface area contributed by atoms with Gasteiger partial charge in [0.1, 0.15) is 0 Å². The Labute approximate surface area is 97.1 Å². The SMILES string of the molecule is Cc1ccccc1N1CCNCC1CCO. The Morgan fingerprint density at radius 2 is 2.25 bits per heavy atom. The molecule has 2 N–H and O–H groups in total. The third-order valence-corrected chi connectivity index (χ3v) is 3.24. The van der Waals surface area contributed by atoms with E-state index in [0.29, 0.717) is 6.04 Å². The van der Waals surface area contributed by atoms with Crippen LogP contribution in [0.4, 0.5) is 5.69 Å². The van der Waals surface area contributed by atoms with Gasteiger partial charge in [0, 0.05) is 38.0 Å². The molecule has 0 aromatic heterocycles. The summed E-state index contributed by atoms with van der Waals surface area (Å²) < 4.78 is 0. The average molecular weight is 220 g/mol. The molecule has 1 unspecified atom stereocenters. The van der Waals surface area contributed by atoms with Crippen LogP contribution in [-0.4, -0.2) is 37.4 Å². The highest BCUT2D eigenvalue weighted by Crippen LogP contribution is 2.23. The second-order valence-corrected chi connectivity index (χ2v) is 4.35. The predicted octanol–water partition coefficient (Wildman–Crippen LogP) is 1.16. The van der Waals surface area contributed by atoms with Crippen molar-refractivity contribution in [2.24, 2.45) is 0 Å². The Morgan fingerprint density at radius 3 is 3.00 bits per heavy atom. The molecule has 0 amide bonds. The van der Waals surface area contributed by atoms with Crippen LogP contribution >= 0.6 is 0 Å². The molecule has 1 fully saturated rings. The Morgan fingerprint density at radius 1 is 1.44 bits per heavy atom. The molecule has 0 aliphatic carbocycles. The number of hydrogen-bond donors (Lipinski definition) is 2. The number of rotatable bonds is 3. The van der Waals surface area contributed by atoms with Gasteiger partial charge < -0.3 is 15.3 Å². The van der Waals surface area contributed by atoms with Gasteiger partial charge in [-0.15, -0.1) is 0 Å². The van der Waals surface area contributed by atoms with Crippen molar-refractivity contribution >= 4 is 5.69 Å². The van der Waals surface area contributed by atoms with E-state index in [-0.39, 0.29) is 6.61 Å². The number of nitrogens with one attached hydrogen (secondary N) is 1. The lowest BCUT2D eigenvalue weighted by Crippen LogP contribution is -2.52. The van der Waals surface area contributed by atoms with E-state index in [1.165, 1.54) is 11.3 Å². The minimum absolute atomic E-state index is 0.259. The summed E-state index contributed by atoms with van der Waals surface area (Å²) in [5.74, 6) is 0. The molecule has 1 aromatic rings. The largest absolute Gasteiger partial charge is 0.396 e. The summed E-state index contributed by atoms with van der Waals surface area (Å²) in [6.07, 6.45) is 0.835. The molecule has 0 saturated carbocycles. The number of nitrogens with zero attached hydrogens (tertiary/aromatic N) is 1. The van der Waals surface area contributed by atoms with Crippen molar-refractivity contribution in [3.8, 4) is 0 Å². The number of hydrogen-bond acceptors (Lipinski definition) is 3. The van der Waals surface area contributed by atoms with Crippen molar-refractivity contribution in [2.75, 3.05) is 31.1 Å². The highest BCUT2D eigenvalue weighted by molar-refractivity contribution is 5.54. The Hall–Kier alpha value is -1.06. The van der Waals surface area contributed by atoms with E-state index < -0.39 is 0 Å². The van der Waals surface area contributed by atoms with Crippen molar-refractivity contribution in [3.05, 3.63) is 29.8 Å². The minimum Gasteiger partial charge on any atom is -0.396 e. The molecular formula is C13H20N2O. The van der Waals surface area contributed by atoms with Crippen LogP contribution in [0, 0.1) is 6.92 Å². The number of anilines is 1. The third kappa shape index (κ3) is 2.36. The van der Waals surface area contributed by atoms with Crippen molar-refractivity contribution in [3.63, 3.8) is 0 Å². The van der Waals surface area contributed by atoms with Gasteiger partial charge in [-0.2, -0.15) is 0 Å². The first-order chi connectivity index (χ1) is 7.83. The molecule has 3 heteroatoms. The van der Waals surface area contributed by atoms with Crippen LogP contribution in [0.25, 0.3) is 0 Å². The van der Waals surface area contributed by atoms with E-state index in [2.05, 4.69) is 41.4 Å². The molecule has 0 spiro atoms. The predicted molar refractivity (Wildman–Crippen MR) is 66.9 cm³/mol. The first-order valence-corrected chi connectivity index (χ1v) is 5.97. The molecule has 2 rings (SSSR count). The summed E-state index contributed by atoms with van der Waals surface area (Å²) in [7, 11) is 0.